The Morgan fingerprint density at radius 2 is 1.71 bits per heavy atom. The van der Waals surface area contributed by atoms with Gasteiger partial charge in [-0.3, -0.25) is 9.59 Å². The third-order valence-corrected chi connectivity index (χ3v) is 6.61. The second kappa shape index (κ2) is 4.54. The molecule has 6 heteroatoms. The van der Waals surface area contributed by atoms with E-state index in [1.807, 2.05) is 24.3 Å². The molecule has 2 aliphatic carbocycles. The number of hydrogen-bond donors (Lipinski definition) is 1. The first-order chi connectivity index (χ1) is 11.6. The van der Waals surface area contributed by atoms with Crippen LogP contribution in [0.2, 0.25) is 0 Å². The van der Waals surface area contributed by atoms with Crippen LogP contribution in [0.4, 0.5) is 5.69 Å². The molecule has 1 saturated carbocycles. The molecule has 2 heterocycles. The fourth-order valence-electron chi connectivity index (χ4n) is 4.52. The summed E-state index contributed by atoms with van der Waals surface area (Å²) in [6.45, 7) is 0. The fourth-order valence-corrected chi connectivity index (χ4v) is 5.55. The maximum atomic E-state index is 13.0. The number of benzene rings is 1. The zero-order valence-corrected chi connectivity index (χ0v) is 13.3. The van der Waals surface area contributed by atoms with Crippen molar-refractivity contribution in [3.8, 4) is 0 Å². The molecule has 3 aliphatic rings. The maximum Gasteiger partial charge on any atom is 0.348 e. The number of carbonyl (C=O) groups is 3. The molecule has 120 valence electrons. The lowest BCUT2D eigenvalue weighted by molar-refractivity contribution is -0.123. The number of anilines is 1. The smallest absolute Gasteiger partial charge is 0.348 e. The van der Waals surface area contributed by atoms with Gasteiger partial charge in [0.25, 0.3) is 0 Å². The quantitative estimate of drug-likeness (QED) is 0.674. The van der Waals surface area contributed by atoms with Crippen molar-refractivity contribution in [2.75, 3.05) is 4.90 Å². The lowest BCUT2D eigenvalue weighted by Gasteiger charge is -2.17. The Hall–Kier alpha value is -2.47. The maximum absolute atomic E-state index is 13.0. The summed E-state index contributed by atoms with van der Waals surface area (Å²) in [5, 5.41) is 10.2. The number of carboxylic acids is 1. The minimum Gasteiger partial charge on any atom is -0.477 e. The molecule has 0 radical (unpaired) electrons. The number of carboxylic acid groups (broad SMARTS) is 1. The number of allylic oxidation sites excluding steroid dienone is 2. The second-order valence-corrected chi connectivity index (χ2v) is 7.65. The molecule has 2 amide bonds. The van der Waals surface area contributed by atoms with E-state index in [9.17, 15) is 19.5 Å². The van der Waals surface area contributed by atoms with E-state index in [4.69, 9.17) is 0 Å². The summed E-state index contributed by atoms with van der Waals surface area (Å²) >= 11 is 1.11. The van der Waals surface area contributed by atoms with Crippen molar-refractivity contribution in [2.24, 2.45) is 23.7 Å². The third kappa shape index (κ3) is 1.56. The molecule has 1 saturated heterocycles. The molecule has 0 spiro atoms. The van der Waals surface area contributed by atoms with Crippen LogP contribution < -0.4 is 4.90 Å². The van der Waals surface area contributed by atoms with Gasteiger partial charge in [0.15, 0.2) is 0 Å². The Balaban J connectivity index is 1.71. The number of hydrogen-bond acceptors (Lipinski definition) is 4. The lowest BCUT2D eigenvalue weighted by Crippen LogP contribution is -2.33. The van der Waals surface area contributed by atoms with Crippen molar-refractivity contribution < 1.29 is 19.5 Å². The van der Waals surface area contributed by atoms with Crippen LogP contribution in [0.3, 0.4) is 0 Å². The molecule has 1 aromatic heterocycles. The highest BCUT2D eigenvalue weighted by molar-refractivity contribution is 7.21. The Morgan fingerprint density at radius 3 is 2.33 bits per heavy atom. The molecule has 1 aromatic carbocycles. The van der Waals surface area contributed by atoms with Gasteiger partial charge >= 0.3 is 5.97 Å². The average molecular weight is 339 g/mol. The molecule has 4 atom stereocenters. The molecule has 4 unspecified atom stereocenters. The summed E-state index contributed by atoms with van der Waals surface area (Å²) in [6.07, 6.45) is 4.92. The van der Waals surface area contributed by atoms with Gasteiger partial charge in [0.05, 0.1) is 17.5 Å². The summed E-state index contributed by atoms with van der Waals surface area (Å²) in [5.41, 5.74) is 0.256. The van der Waals surface area contributed by atoms with Crippen LogP contribution in [-0.2, 0) is 9.59 Å². The van der Waals surface area contributed by atoms with E-state index < -0.39 is 5.97 Å². The highest BCUT2D eigenvalue weighted by Gasteiger charge is 2.60. The molecular weight excluding hydrogens is 326 g/mol. The number of amides is 2. The standard InChI is InChI=1S/C18H13NO4S/c20-16-12-8-5-6-9(7-8)13(12)17(21)19(16)14-10-3-1-2-4-11(10)24-15(14)18(22)23/h1-6,8-9,12-13H,7H2,(H,22,23). The van der Waals surface area contributed by atoms with Crippen LogP contribution in [0.5, 0.6) is 0 Å². The van der Waals surface area contributed by atoms with Crippen molar-refractivity contribution in [3.05, 3.63) is 41.3 Å². The molecule has 5 nitrogen and oxygen atoms in total. The second-order valence-electron chi connectivity index (χ2n) is 6.59. The van der Waals surface area contributed by atoms with Crippen LogP contribution >= 0.6 is 11.3 Å². The van der Waals surface area contributed by atoms with Gasteiger partial charge in [0.1, 0.15) is 4.88 Å². The van der Waals surface area contributed by atoms with Crippen molar-refractivity contribution in [3.63, 3.8) is 0 Å². The van der Waals surface area contributed by atoms with Gasteiger partial charge in [-0.1, -0.05) is 30.4 Å². The number of rotatable bonds is 2. The molecule has 5 rings (SSSR count). The molecular formula is C18H13NO4S. The van der Waals surface area contributed by atoms with Crippen LogP contribution in [0.15, 0.2) is 36.4 Å². The summed E-state index contributed by atoms with van der Waals surface area (Å²) in [4.78, 5) is 38.9. The number of imide groups is 1. The Morgan fingerprint density at radius 1 is 1.08 bits per heavy atom. The SMILES string of the molecule is O=C(O)c1sc2ccccc2c1N1C(=O)C2C3C=CC(C3)C2C1=O. The zero-order valence-electron chi connectivity index (χ0n) is 12.5. The predicted molar refractivity (Wildman–Crippen MR) is 89.0 cm³/mol. The number of aromatic carboxylic acids is 1. The Labute approximate surface area is 141 Å². The minimum absolute atomic E-state index is 0.0539. The zero-order chi connectivity index (χ0) is 16.6. The van der Waals surface area contributed by atoms with E-state index in [0.717, 1.165) is 27.4 Å². The van der Waals surface area contributed by atoms with E-state index in [1.165, 1.54) is 0 Å². The fraction of sp³-hybridized carbons (Fsp3) is 0.278. The van der Waals surface area contributed by atoms with Gasteiger partial charge in [-0.05, 0) is 24.3 Å². The predicted octanol–water partition coefficient (Wildman–Crippen LogP) is 2.91. The highest BCUT2D eigenvalue weighted by Crippen LogP contribution is 2.54. The average Bonchev–Trinajstić information content (AvgIpc) is 3.30. The van der Waals surface area contributed by atoms with Gasteiger partial charge in [-0.15, -0.1) is 11.3 Å². The minimum atomic E-state index is -1.11. The topological polar surface area (TPSA) is 74.7 Å². The van der Waals surface area contributed by atoms with Crippen LogP contribution in [0.1, 0.15) is 16.1 Å². The van der Waals surface area contributed by atoms with Crippen LogP contribution in [0.25, 0.3) is 10.1 Å². The third-order valence-electron chi connectivity index (χ3n) is 5.46. The largest absolute Gasteiger partial charge is 0.477 e. The van der Waals surface area contributed by atoms with E-state index in [2.05, 4.69) is 0 Å². The number of thiophene rings is 1. The monoisotopic (exact) mass is 339 g/mol. The number of nitrogens with zero attached hydrogens (tertiary/aromatic N) is 1. The summed E-state index contributed by atoms with van der Waals surface area (Å²) in [7, 11) is 0. The van der Waals surface area contributed by atoms with E-state index in [-0.39, 0.29) is 46.1 Å². The molecule has 1 aliphatic heterocycles. The Bertz CT molecular complexity index is 929. The lowest BCUT2D eigenvalue weighted by atomic mass is 9.85. The molecule has 24 heavy (non-hydrogen) atoms. The number of carbonyl (C=O) groups excluding carboxylic acids is 2. The van der Waals surface area contributed by atoms with Crippen LogP contribution in [-0.4, -0.2) is 22.9 Å². The first kappa shape index (κ1) is 13.9. The van der Waals surface area contributed by atoms with Crippen molar-refractivity contribution in [1.29, 1.82) is 0 Å². The molecule has 2 bridgehead atoms. The van der Waals surface area contributed by atoms with Crippen LogP contribution in [0, 0.1) is 23.7 Å². The summed E-state index contributed by atoms with van der Waals surface area (Å²) in [5.74, 6) is -2.02. The van der Waals surface area contributed by atoms with Crippen molar-refractivity contribution in [1.82, 2.24) is 0 Å². The highest BCUT2D eigenvalue weighted by atomic mass is 32.1. The molecule has 2 fully saturated rings. The van der Waals surface area contributed by atoms with Gasteiger partial charge in [-0.2, -0.15) is 0 Å². The van der Waals surface area contributed by atoms with Crippen molar-refractivity contribution >= 4 is 44.9 Å². The first-order valence-electron chi connectivity index (χ1n) is 7.89. The van der Waals surface area contributed by atoms with E-state index in [1.54, 1.807) is 12.1 Å². The van der Waals surface area contributed by atoms with Gasteiger partial charge in [-0.25, -0.2) is 9.69 Å². The van der Waals surface area contributed by atoms with E-state index >= 15 is 0 Å². The number of fused-ring (bicyclic) bond motifs is 6. The molecule has 1 N–H and O–H groups in total. The normalized spacial score (nSPS) is 30.6. The first-order valence-corrected chi connectivity index (χ1v) is 8.70. The molecule has 2 aromatic rings. The summed E-state index contributed by atoms with van der Waals surface area (Å²) < 4.78 is 0.767. The van der Waals surface area contributed by atoms with Gasteiger partial charge in [0.2, 0.25) is 11.8 Å². The summed E-state index contributed by atoms with van der Waals surface area (Å²) in [6, 6.07) is 7.20. The Kier molecular flexibility index (Phi) is 2.63. The van der Waals surface area contributed by atoms with Gasteiger partial charge < -0.3 is 5.11 Å². The van der Waals surface area contributed by atoms with E-state index in [0.29, 0.717) is 5.39 Å². The van der Waals surface area contributed by atoms with Crippen molar-refractivity contribution in [2.45, 2.75) is 6.42 Å². The van der Waals surface area contributed by atoms with Gasteiger partial charge in [0, 0.05) is 10.1 Å².